The minimum absolute atomic E-state index is 0.0284. The Balaban J connectivity index is 0.951. The van der Waals surface area contributed by atoms with Crippen LogP contribution in [0.25, 0.3) is 0 Å². The number of aliphatic hydroxyl groups excluding tert-OH is 2. The molecule has 3 aromatic carbocycles. The van der Waals surface area contributed by atoms with Gasteiger partial charge in [0.05, 0.1) is 45.6 Å². The van der Waals surface area contributed by atoms with Gasteiger partial charge in [-0.15, -0.1) is 0 Å². The first kappa shape index (κ1) is 35.0. The van der Waals surface area contributed by atoms with Gasteiger partial charge in [-0.3, -0.25) is 0 Å². The number of ether oxygens (including phenoxy) is 2. The zero-order valence-electron chi connectivity index (χ0n) is 28.5. The molecule has 0 amide bonds. The van der Waals surface area contributed by atoms with Crippen LogP contribution in [0.1, 0.15) is 85.4 Å². The van der Waals surface area contributed by atoms with Crippen LogP contribution in [0, 0.1) is 11.8 Å². The molecule has 4 aliphatic rings. The van der Waals surface area contributed by atoms with Crippen molar-refractivity contribution in [1.29, 1.82) is 0 Å². The van der Waals surface area contributed by atoms with Gasteiger partial charge >= 0.3 is 0 Å². The summed E-state index contributed by atoms with van der Waals surface area (Å²) in [5.41, 5.74) is 3.40. The smallest absolute Gasteiger partial charge is 0.121 e. The van der Waals surface area contributed by atoms with E-state index in [0.717, 1.165) is 47.1 Å². The first-order valence-electron chi connectivity index (χ1n) is 18.0. The van der Waals surface area contributed by atoms with E-state index >= 15 is 0 Å². The summed E-state index contributed by atoms with van der Waals surface area (Å²) in [6.07, 6.45) is 6.31. The number of quaternary nitrogens is 1. The van der Waals surface area contributed by atoms with Crippen LogP contribution in [-0.2, 0) is 28.3 Å². The average molecular weight is 660 g/mol. The van der Waals surface area contributed by atoms with Crippen molar-refractivity contribution in [2.75, 3.05) is 45.9 Å². The second-order valence-corrected chi connectivity index (χ2v) is 14.6. The van der Waals surface area contributed by atoms with Gasteiger partial charge in [0.2, 0.25) is 0 Å². The van der Waals surface area contributed by atoms with Gasteiger partial charge in [-0.1, -0.05) is 73.5 Å². The molecular weight excluding hydrogens is 604 g/mol. The van der Waals surface area contributed by atoms with Crippen molar-refractivity contribution < 1.29 is 34.4 Å². The van der Waals surface area contributed by atoms with E-state index in [1.165, 1.54) is 44.8 Å². The Morgan fingerprint density at radius 2 is 1.65 bits per heavy atom. The zero-order chi connectivity index (χ0) is 33.6. The topological polar surface area (TPSA) is 111 Å². The maximum absolute atomic E-state index is 12.0. The molecular formula is C40H55N2O6+. The molecule has 8 heteroatoms. The summed E-state index contributed by atoms with van der Waals surface area (Å²) >= 11 is 0. The highest BCUT2D eigenvalue weighted by Gasteiger charge is 2.48. The predicted molar refractivity (Wildman–Crippen MR) is 186 cm³/mol. The number of nitrogens with one attached hydrogen (secondary N) is 1. The molecule has 260 valence electrons. The molecule has 0 aromatic heterocycles. The van der Waals surface area contributed by atoms with Crippen molar-refractivity contribution in [3.05, 3.63) is 101 Å². The van der Waals surface area contributed by atoms with Crippen molar-refractivity contribution in [2.24, 2.45) is 11.8 Å². The van der Waals surface area contributed by atoms with E-state index in [0.29, 0.717) is 43.4 Å². The number of hydrogen-bond acceptors (Lipinski definition) is 7. The number of aliphatic hydroxyl groups is 3. The number of aromatic hydroxyl groups is 1. The molecule has 1 aliphatic carbocycles. The minimum Gasteiger partial charge on any atom is -0.508 e. The van der Waals surface area contributed by atoms with Crippen LogP contribution in [-0.4, -0.2) is 77.0 Å². The lowest BCUT2D eigenvalue weighted by Crippen LogP contribution is -2.65. The first-order chi connectivity index (χ1) is 23.3. The minimum atomic E-state index is -0.915. The summed E-state index contributed by atoms with van der Waals surface area (Å²) in [5, 5.41) is 45.2. The summed E-state index contributed by atoms with van der Waals surface area (Å²) in [4.78, 5) is 0. The lowest BCUT2D eigenvalue weighted by Gasteiger charge is -2.52. The summed E-state index contributed by atoms with van der Waals surface area (Å²) in [7, 11) is 0. The number of nitrogens with zero attached hydrogens (tertiary/aromatic N) is 1. The summed E-state index contributed by atoms with van der Waals surface area (Å²) < 4.78 is 14.0. The number of fused-ring (bicyclic) bond motifs is 3. The van der Waals surface area contributed by atoms with Gasteiger partial charge in [0.15, 0.2) is 0 Å². The maximum Gasteiger partial charge on any atom is 0.121 e. The number of benzene rings is 3. The molecule has 7 rings (SSSR count). The average Bonchev–Trinajstić information content (AvgIpc) is 3.69. The quantitative estimate of drug-likeness (QED) is 0.102. The maximum atomic E-state index is 12.0. The molecule has 3 heterocycles. The van der Waals surface area contributed by atoms with Crippen LogP contribution in [0.5, 0.6) is 5.75 Å². The Bertz CT molecular complexity index is 1440. The van der Waals surface area contributed by atoms with Gasteiger partial charge in [-0.2, -0.15) is 0 Å². The Labute approximate surface area is 285 Å². The third-order valence-electron chi connectivity index (χ3n) is 11.6. The predicted octanol–water partition coefficient (Wildman–Crippen LogP) is 5.49. The highest BCUT2D eigenvalue weighted by atomic mass is 16.5. The van der Waals surface area contributed by atoms with Gasteiger partial charge in [-0.25, -0.2) is 0 Å². The Morgan fingerprint density at radius 1 is 0.938 bits per heavy atom. The lowest BCUT2D eigenvalue weighted by atomic mass is 9.80. The standard InChI is InChI=1S/C40H54N2O6/c1-29(41-24-38(45)33-15-16-37(44)34(23-33)26-43)31-13-11-30(12-14-31)27-47-22-21-42-19-17-32(18-20-42)39(25-42)48-28-40(46,36-9-5-6-10-36)35-7-3-2-4-8-35/h2-4,7-8,11-16,23,29,32,36,38-39,41,43,45-46H,5-6,9-10,17-22,24-28H2,1H3/p+1/t29?,32?,38-,39-,40?,42?/m0/s1. The Kier molecular flexibility index (Phi) is 11.5. The monoisotopic (exact) mass is 659 g/mol. The van der Waals surface area contributed by atoms with Crippen LogP contribution < -0.4 is 5.32 Å². The van der Waals surface area contributed by atoms with Crippen LogP contribution in [0.2, 0.25) is 0 Å². The van der Waals surface area contributed by atoms with E-state index in [2.05, 4.69) is 48.6 Å². The lowest BCUT2D eigenvalue weighted by molar-refractivity contribution is -0.946. The first-order valence-corrected chi connectivity index (χ1v) is 18.0. The zero-order valence-corrected chi connectivity index (χ0v) is 28.5. The molecule has 3 aromatic rings. The molecule has 3 aliphatic heterocycles. The third kappa shape index (κ3) is 8.13. The van der Waals surface area contributed by atoms with Crippen molar-refractivity contribution in [3.63, 3.8) is 0 Å². The number of phenols is 1. The van der Waals surface area contributed by atoms with Crippen LogP contribution >= 0.6 is 0 Å². The molecule has 2 bridgehead atoms. The molecule has 4 fully saturated rings. The van der Waals surface area contributed by atoms with Gasteiger partial charge in [0.25, 0.3) is 0 Å². The fourth-order valence-corrected chi connectivity index (χ4v) is 8.34. The normalized spacial score (nSPS) is 25.2. The van der Waals surface area contributed by atoms with Crippen molar-refractivity contribution in [1.82, 2.24) is 5.32 Å². The second-order valence-electron chi connectivity index (χ2n) is 14.6. The SMILES string of the molecule is CC(NC[C@H](O)c1ccc(O)c(CO)c1)c1ccc(COCC[N+]23CCC(CC2)[C@@H](OCC(O)(c2ccccc2)C2CCCC2)C3)cc1. The number of rotatable bonds is 16. The molecule has 2 unspecified atom stereocenters. The van der Waals surface area contributed by atoms with Crippen molar-refractivity contribution >= 4 is 0 Å². The van der Waals surface area contributed by atoms with E-state index in [-0.39, 0.29) is 30.4 Å². The largest absolute Gasteiger partial charge is 0.508 e. The molecule has 0 spiro atoms. The highest BCUT2D eigenvalue weighted by Crippen LogP contribution is 2.42. The van der Waals surface area contributed by atoms with Gasteiger partial charge < -0.3 is 39.7 Å². The Hall–Kier alpha value is -2.82. The molecule has 5 N–H and O–H groups in total. The van der Waals surface area contributed by atoms with E-state index < -0.39 is 11.7 Å². The van der Waals surface area contributed by atoms with Crippen LogP contribution in [0.3, 0.4) is 0 Å². The molecule has 4 atom stereocenters. The highest BCUT2D eigenvalue weighted by molar-refractivity contribution is 5.36. The number of hydrogen-bond donors (Lipinski definition) is 5. The molecule has 48 heavy (non-hydrogen) atoms. The van der Waals surface area contributed by atoms with Crippen molar-refractivity contribution in [3.8, 4) is 5.75 Å². The van der Waals surface area contributed by atoms with Gasteiger partial charge in [0, 0.05) is 36.9 Å². The van der Waals surface area contributed by atoms with Crippen molar-refractivity contribution in [2.45, 2.75) is 82.5 Å². The van der Waals surface area contributed by atoms with E-state index in [9.17, 15) is 20.4 Å². The van der Waals surface area contributed by atoms with Crippen LogP contribution in [0.15, 0.2) is 72.8 Å². The van der Waals surface area contributed by atoms with Crippen LogP contribution in [0.4, 0.5) is 0 Å². The Morgan fingerprint density at radius 3 is 2.35 bits per heavy atom. The molecule has 0 radical (unpaired) electrons. The number of piperidine rings is 3. The summed E-state index contributed by atoms with van der Waals surface area (Å²) in [6, 6.07) is 23.5. The fourth-order valence-electron chi connectivity index (χ4n) is 8.34. The summed E-state index contributed by atoms with van der Waals surface area (Å²) in [5.74, 6) is 0.873. The molecule has 1 saturated carbocycles. The third-order valence-corrected chi connectivity index (χ3v) is 11.6. The fraction of sp³-hybridized carbons (Fsp3) is 0.550. The van der Waals surface area contributed by atoms with Gasteiger partial charge in [0.1, 0.15) is 30.5 Å². The van der Waals surface area contributed by atoms with E-state index in [1.807, 2.05) is 18.2 Å². The van der Waals surface area contributed by atoms with E-state index in [4.69, 9.17) is 9.47 Å². The van der Waals surface area contributed by atoms with E-state index in [1.54, 1.807) is 12.1 Å². The second kappa shape index (κ2) is 15.8. The molecule has 8 nitrogen and oxygen atoms in total. The summed E-state index contributed by atoms with van der Waals surface area (Å²) in [6.45, 7) is 8.17. The van der Waals surface area contributed by atoms with Gasteiger partial charge in [-0.05, 0) is 60.1 Å². The molecule has 3 saturated heterocycles.